The molecule has 15 heavy (non-hydrogen) atoms. The Morgan fingerprint density at radius 1 is 1.40 bits per heavy atom. The van der Waals surface area contributed by atoms with Crippen LogP contribution in [0, 0.1) is 5.92 Å². The molecular weight excluding hydrogens is 192 g/mol. The fourth-order valence-corrected chi connectivity index (χ4v) is 1.29. The van der Waals surface area contributed by atoms with E-state index in [1.165, 1.54) is 4.90 Å². The Morgan fingerprint density at radius 2 is 2.00 bits per heavy atom. The molecule has 0 aromatic rings. The van der Waals surface area contributed by atoms with Gasteiger partial charge in [0.15, 0.2) is 0 Å². The molecule has 3 amide bonds. The normalized spacial score (nSPS) is 12.3. The van der Waals surface area contributed by atoms with E-state index in [0.717, 1.165) is 12.8 Å². The van der Waals surface area contributed by atoms with Crippen LogP contribution in [0.25, 0.3) is 0 Å². The highest BCUT2D eigenvalue weighted by atomic mass is 16.2. The van der Waals surface area contributed by atoms with Gasteiger partial charge in [-0.1, -0.05) is 27.2 Å². The van der Waals surface area contributed by atoms with Crippen molar-refractivity contribution in [1.29, 1.82) is 0 Å². The number of urea groups is 1. The zero-order chi connectivity index (χ0) is 11.8. The predicted molar refractivity (Wildman–Crippen MR) is 60.5 cm³/mol. The number of imide groups is 1. The number of amides is 3. The summed E-state index contributed by atoms with van der Waals surface area (Å²) in [4.78, 5) is 23.6. The highest BCUT2D eigenvalue weighted by Crippen LogP contribution is 2.04. The van der Waals surface area contributed by atoms with Crippen LogP contribution < -0.4 is 5.32 Å². The highest BCUT2D eigenvalue weighted by Gasteiger charge is 2.18. The third kappa shape index (κ3) is 5.40. The predicted octanol–water partition coefficient (Wildman–Crippen LogP) is 2.00. The lowest BCUT2D eigenvalue weighted by Gasteiger charge is -2.23. The van der Waals surface area contributed by atoms with Crippen LogP contribution in [-0.2, 0) is 4.79 Å². The minimum absolute atomic E-state index is 0.0281. The molecule has 0 aliphatic rings. The van der Waals surface area contributed by atoms with Crippen LogP contribution in [0.1, 0.15) is 40.5 Å². The first-order valence-corrected chi connectivity index (χ1v) is 5.54. The summed E-state index contributed by atoms with van der Waals surface area (Å²) in [6.07, 6.45) is 2.41. The average molecular weight is 214 g/mol. The monoisotopic (exact) mass is 214 g/mol. The van der Waals surface area contributed by atoms with Crippen LogP contribution in [-0.4, -0.2) is 29.9 Å². The molecule has 1 atom stereocenters. The van der Waals surface area contributed by atoms with E-state index < -0.39 is 0 Å². The molecule has 0 saturated heterocycles. The molecule has 0 aliphatic carbocycles. The van der Waals surface area contributed by atoms with Crippen molar-refractivity contribution in [3.8, 4) is 0 Å². The van der Waals surface area contributed by atoms with Gasteiger partial charge in [-0.05, 0) is 19.3 Å². The lowest BCUT2D eigenvalue weighted by molar-refractivity contribution is -0.117. The third-order valence-electron chi connectivity index (χ3n) is 2.19. The molecule has 1 N–H and O–H groups in total. The van der Waals surface area contributed by atoms with Gasteiger partial charge in [0.05, 0.1) is 0 Å². The van der Waals surface area contributed by atoms with E-state index in [2.05, 4.69) is 5.32 Å². The van der Waals surface area contributed by atoms with Gasteiger partial charge >= 0.3 is 6.03 Å². The molecule has 0 heterocycles. The van der Waals surface area contributed by atoms with Gasteiger partial charge in [-0.2, -0.15) is 0 Å². The average Bonchev–Trinajstić information content (AvgIpc) is 2.16. The number of rotatable bonds is 6. The van der Waals surface area contributed by atoms with Crippen molar-refractivity contribution in [2.75, 3.05) is 6.54 Å². The van der Waals surface area contributed by atoms with Crippen LogP contribution >= 0.6 is 0 Å². The van der Waals surface area contributed by atoms with Crippen molar-refractivity contribution in [2.24, 2.45) is 5.92 Å². The summed E-state index contributed by atoms with van der Waals surface area (Å²) in [5.41, 5.74) is 0. The molecular formula is C11H22N2O2. The van der Waals surface area contributed by atoms with Gasteiger partial charge in [0.2, 0.25) is 6.41 Å². The molecule has 4 heteroatoms. The van der Waals surface area contributed by atoms with Crippen molar-refractivity contribution < 1.29 is 9.59 Å². The molecule has 0 aromatic heterocycles. The zero-order valence-corrected chi connectivity index (χ0v) is 10.1. The van der Waals surface area contributed by atoms with Crippen LogP contribution in [0.4, 0.5) is 4.79 Å². The second-order valence-corrected chi connectivity index (χ2v) is 4.23. The van der Waals surface area contributed by atoms with Gasteiger partial charge < -0.3 is 5.32 Å². The molecule has 1 unspecified atom stereocenters. The minimum Gasteiger partial charge on any atom is -0.337 e. The fourth-order valence-electron chi connectivity index (χ4n) is 1.29. The minimum atomic E-state index is -0.292. The topological polar surface area (TPSA) is 49.4 Å². The SMILES string of the molecule is CCCC(C)N(C=O)C(=O)NCC(C)C. The fraction of sp³-hybridized carbons (Fsp3) is 0.818. The number of carbonyl (C=O) groups excluding carboxylic acids is 2. The summed E-state index contributed by atoms with van der Waals surface area (Å²) in [5, 5.41) is 2.73. The maximum Gasteiger partial charge on any atom is 0.324 e. The second-order valence-electron chi connectivity index (χ2n) is 4.23. The quantitative estimate of drug-likeness (QED) is 0.687. The van der Waals surface area contributed by atoms with Crippen molar-refractivity contribution in [2.45, 2.75) is 46.6 Å². The Hall–Kier alpha value is -1.06. The summed E-state index contributed by atoms with van der Waals surface area (Å²) >= 11 is 0. The number of hydrogen-bond acceptors (Lipinski definition) is 2. The summed E-state index contributed by atoms with van der Waals surface area (Å²) in [6, 6.07) is -0.320. The van der Waals surface area contributed by atoms with Crippen LogP contribution in [0.15, 0.2) is 0 Å². The van der Waals surface area contributed by atoms with E-state index in [9.17, 15) is 9.59 Å². The molecule has 4 nitrogen and oxygen atoms in total. The molecule has 0 spiro atoms. The first kappa shape index (κ1) is 13.9. The maximum absolute atomic E-state index is 11.6. The lowest BCUT2D eigenvalue weighted by atomic mass is 10.2. The molecule has 0 radical (unpaired) electrons. The van der Waals surface area contributed by atoms with E-state index in [4.69, 9.17) is 0 Å². The van der Waals surface area contributed by atoms with Crippen molar-refractivity contribution in [1.82, 2.24) is 10.2 Å². The van der Waals surface area contributed by atoms with E-state index in [1.807, 2.05) is 27.7 Å². The number of nitrogens with one attached hydrogen (secondary N) is 1. The molecule has 0 aromatic carbocycles. The summed E-state index contributed by atoms with van der Waals surface area (Å²) in [7, 11) is 0. The van der Waals surface area contributed by atoms with Crippen molar-refractivity contribution in [3.05, 3.63) is 0 Å². The zero-order valence-electron chi connectivity index (χ0n) is 10.1. The third-order valence-corrected chi connectivity index (χ3v) is 2.19. The van der Waals surface area contributed by atoms with E-state index in [-0.39, 0.29) is 12.1 Å². The van der Waals surface area contributed by atoms with Crippen molar-refractivity contribution in [3.63, 3.8) is 0 Å². The van der Waals surface area contributed by atoms with Gasteiger partial charge in [-0.3, -0.25) is 9.69 Å². The largest absolute Gasteiger partial charge is 0.337 e. The molecule has 0 saturated carbocycles. The van der Waals surface area contributed by atoms with Crippen molar-refractivity contribution >= 4 is 12.4 Å². The Morgan fingerprint density at radius 3 is 2.40 bits per heavy atom. The number of nitrogens with zero attached hydrogens (tertiary/aromatic N) is 1. The van der Waals surface area contributed by atoms with E-state index in [1.54, 1.807) is 0 Å². The van der Waals surface area contributed by atoms with Gasteiger partial charge in [0.25, 0.3) is 0 Å². The van der Waals surface area contributed by atoms with Gasteiger partial charge in [0.1, 0.15) is 0 Å². The maximum atomic E-state index is 11.6. The number of carbonyl (C=O) groups is 2. The molecule has 0 bridgehead atoms. The van der Waals surface area contributed by atoms with Crippen LogP contribution in [0.5, 0.6) is 0 Å². The molecule has 0 aliphatic heterocycles. The molecule has 88 valence electrons. The Labute approximate surface area is 92.0 Å². The van der Waals surface area contributed by atoms with Crippen LogP contribution in [0.2, 0.25) is 0 Å². The smallest absolute Gasteiger partial charge is 0.324 e. The molecule has 0 fully saturated rings. The Balaban J connectivity index is 4.15. The summed E-state index contributed by atoms with van der Waals surface area (Å²) in [6.45, 7) is 8.54. The standard InChI is InChI=1S/C11H22N2O2/c1-5-6-10(4)13(8-14)11(15)12-7-9(2)3/h8-10H,5-7H2,1-4H3,(H,12,15). The van der Waals surface area contributed by atoms with Gasteiger partial charge in [0, 0.05) is 12.6 Å². The summed E-state index contributed by atoms with van der Waals surface area (Å²) < 4.78 is 0. The first-order valence-electron chi connectivity index (χ1n) is 5.54. The number of hydrogen-bond donors (Lipinski definition) is 1. The van der Waals surface area contributed by atoms with E-state index in [0.29, 0.717) is 18.9 Å². The summed E-state index contributed by atoms with van der Waals surface area (Å²) in [5.74, 6) is 0.393. The Bertz CT molecular complexity index is 205. The van der Waals surface area contributed by atoms with Gasteiger partial charge in [-0.15, -0.1) is 0 Å². The van der Waals surface area contributed by atoms with Crippen LogP contribution in [0.3, 0.4) is 0 Å². The molecule has 0 rings (SSSR count). The first-order chi connectivity index (χ1) is 7.02. The highest BCUT2D eigenvalue weighted by molar-refractivity contribution is 5.85. The second kappa shape index (κ2) is 7.26. The van der Waals surface area contributed by atoms with E-state index >= 15 is 0 Å². The van der Waals surface area contributed by atoms with Gasteiger partial charge in [-0.25, -0.2) is 4.79 Å². The lowest BCUT2D eigenvalue weighted by Crippen LogP contribution is -2.45. The Kier molecular flexibility index (Phi) is 6.75.